The van der Waals surface area contributed by atoms with Crippen molar-refractivity contribution in [2.24, 2.45) is 0 Å². The second kappa shape index (κ2) is 9.83. The quantitative estimate of drug-likeness (QED) is 0.391. The Morgan fingerprint density at radius 2 is 1.78 bits per heavy atom. The predicted molar refractivity (Wildman–Crippen MR) is 131 cm³/mol. The molecule has 0 unspecified atom stereocenters. The summed E-state index contributed by atoms with van der Waals surface area (Å²) in [5.74, 6) is -0.778. The highest BCUT2D eigenvalue weighted by Crippen LogP contribution is 2.28. The van der Waals surface area contributed by atoms with Crippen LogP contribution in [0.3, 0.4) is 0 Å². The van der Waals surface area contributed by atoms with Crippen molar-refractivity contribution in [3.05, 3.63) is 108 Å². The number of imide groups is 1. The van der Waals surface area contributed by atoms with Crippen molar-refractivity contribution in [1.82, 2.24) is 25.1 Å². The summed E-state index contributed by atoms with van der Waals surface area (Å²) in [4.78, 5) is 41.3. The molecule has 4 aromatic rings. The molecule has 0 saturated carbocycles. The summed E-state index contributed by atoms with van der Waals surface area (Å²) >= 11 is 0. The minimum Gasteiger partial charge on any atom is -0.332 e. The molecule has 1 aliphatic rings. The number of rotatable bonds is 7. The Balaban J connectivity index is 1.36. The van der Waals surface area contributed by atoms with Crippen molar-refractivity contribution in [3.8, 4) is 16.8 Å². The first-order chi connectivity index (χ1) is 17.5. The summed E-state index contributed by atoms with van der Waals surface area (Å²) in [6, 6.07) is 18.5. The number of hydrogen-bond donors (Lipinski definition) is 2. The number of halogens is 1. The van der Waals surface area contributed by atoms with Crippen LogP contribution in [0.15, 0.2) is 85.5 Å². The molecule has 2 N–H and O–H groups in total. The van der Waals surface area contributed by atoms with Crippen LogP contribution in [0.25, 0.3) is 16.8 Å². The average Bonchev–Trinajstić information content (AvgIpc) is 3.53. The highest BCUT2D eigenvalue weighted by atomic mass is 19.1. The Kier molecular flexibility index (Phi) is 6.27. The van der Waals surface area contributed by atoms with Gasteiger partial charge in [0.1, 0.15) is 5.82 Å². The molecule has 3 aromatic carbocycles. The molecule has 8 nitrogen and oxygen atoms in total. The molecule has 2 heterocycles. The van der Waals surface area contributed by atoms with Crippen LogP contribution in [-0.2, 0) is 11.3 Å². The zero-order valence-electron chi connectivity index (χ0n) is 19.1. The molecule has 0 fully saturated rings. The lowest BCUT2D eigenvalue weighted by molar-refractivity contribution is -0.108. The van der Waals surface area contributed by atoms with Crippen LogP contribution in [0, 0.1) is 5.82 Å². The van der Waals surface area contributed by atoms with Crippen LogP contribution in [-0.4, -0.2) is 39.3 Å². The molecule has 0 radical (unpaired) electrons. The van der Waals surface area contributed by atoms with E-state index >= 15 is 0 Å². The number of nitrogens with zero attached hydrogens (tertiary/aromatic N) is 3. The van der Waals surface area contributed by atoms with Crippen molar-refractivity contribution in [2.75, 3.05) is 6.54 Å². The monoisotopic (exact) mass is 483 g/mol. The van der Waals surface area contributed by atoms with E-state index in [2.05, 4.69) is 15.6 Å². The summed E-state index contributed by atoms with van der Waals surface area (Å²) in [6.07, 6.45) is 5.62. The van der Waals surface area contributed by atoms with Crippen LogP contribution >= 0.6 is 0 Å². The molecule has 0 aliphatic carbocycles. The number of hydrogen-bond acceptors (Lipinski definition) is 4. The molecule has 180 valence electrons. The number of carbonyl (C=O) groups is 3. The first-order valence-electron chi connectivity index (χ1n) is 11.3. The average molecular weight is 484 g/mol. The van der Waals surface area contributed by atoms with Gasteiger partial charge in [-0.3, -0.25) is 14.9 Å². The summed E-state index contributed by atoms with van der Waals surface area (Å²) in [5, 5.41) is 4.81. The van der Waals surface area contributed by atoms with Crippen molar-refractivity contribution >= 4 is 18.3 Å². The molecule has 1 atom stereocenters. The second-order valence-corrected chi connectivity index (χ2v) is 8.41. The van der Waals surface area contributed by atoms with Gasteiger partial charge in [-0.05, 0) is 46.5 Å². The first kappa shape index (κ1) is 23.0. The maximum Gasteiger partial charge on any atom is 0.321 e. The van der Waals surface area contributed by atoms with Gasteiger partial charge in [0.05, 0.1) is 12.4 Å². The molecule has 9 heteroatoms. The van der Waals surface area contributed by atoms with Gasteiger partial charge in [-0.15, -0.1) is 0 Å². The highest BCUT2D eigenvalue weighted by molar-refractivity contribution is 5.98. The van der Waals surface area contributed by atoms with Crippen LogP contribution in [0.5, 0.6) is 0 Å². The van der Waals surface area contributed by atoms with Crippen molar-refractivity contribution in [2.45, 2.75) is 12.6 Å². The molecular formula is C27H22FN5O3. The molecule has 1 aromatic heterocycles. The third kappa shape index (κ3) is 4.72. The number of benzene rings is 3. The number of carbonyl (C=O) groups excluding carboxylic acids is 3. The van der Waals surface area contributed by atoms with E-state index in [-0.39, 0.29) is 12.5 Å². The number of nitrogens with one attached hydrogen (secondary N) is 2. The maximum atomic E-state index is 13.6. The van der Waals surface area contributed by atoms with E-state index in [9.17, 15) is 18.8 Å². The van der Waals surface area contributed by atoms with Crippen molar-refractivity contribution < 1.29 is 18.8 Å². The summed E-state index contributed by atoms with van der Waals surface area (Å²) < 4.78 is 15.6. The van der Waals surface area contributed by atoms with Gasteiger partial charge >= 0.3 is 6.03 Å². The Bertz CT molecular complexity index is 1400. The number of aromatic nitrogens is 2. The molecule has 0 spiro atoms. The normalized spacial score (nSPS) is 13.2. The van der Waals surface area contributed by atoms with Crippen LogP contribution in [0.2, 0.25) is 0 Å². The standard InChI is InChI=1S/C27H22FN5O3/c28-22-8-5-21-14-33(26(35)24(21)13-22)15-25(31-27(36)30-17-34)20-3-1-18(2-4-20)19-6-9-23(10-7-19)32-12-11-29-16-32/h1-13,16-17,25H,14-15H2,(H2,30,31,34,36)/t25-/m0/s1. The highest BCUT2D eigenvalue weighted by Gasteiger charge is 2.30. The Hall–Kier alpha value is -4.79. The van der Waals surface area contributed by atoms with Crippen molar-refractivity contribution in [1.29, 1.82) is 0 Å². The number of amides is 4. The molecule has 4 amide bonds. The van der Waals surface area contributed by atoms with Gasteiger partial charge < -0.3 is 14.8 Å². The minimum absolute atomic E-state index is 0.153. The Labute approximate surface area is 206 Å². The fourth-order valence-corrected chi connectivity index (χ4v) is 4.33. The molecule has 5 rings (SSSR count). The number of imidazole rings is 1. The van der Waals surface area contributed by atoms with Gasteiger partial charge in [0.15, 0.2) is 0 Å². The van der Waals surface area contributed by atoms with Crippen molar-refractivity contribution in [3.63, 3.8) is 0 Å². The van der Waals surface area contributed by atoms with Gasteiger partial charge in [-0.1, -0.05) is 42.5 Å². The number of fused-ring (bicyclic) bond motifs is 1. The van der Waals surface area contributed by atoms with E-state index in [4.69, 9.17) is 0 Å². The molecule has 36 heavy (non-hydrogen) atoms. The summed E-state index contributed by atoms with van der Waals surface area (Å²) in [7, 11) is 0. The van der Waals surface area contributed by atoms with E-state index in [1.807, 2.05) is 59.3 Å². The lowest BCUT2D eigenvalue weighted by Crippen LogP contribution is -2.42. The fraction of sp³-hybridized carbons (Fsp3) is 0.111. The summed E-state index contributed by atoms with van der Waals surface area (Å²) in [5.41, 5.74) is 4.79. The third-order valence-electron chi connectivity index (χ3n) is 6.17. The second-order valence-electron chi connectivity index (χ2n) is 8.41. The summed E-state index contributed by atoms with van der Waals surface area (Å²) in [6.45, 7) is 0.462. The molecule has 1 aliphatic heterocycles. The van der Waals surface area contributed by atoms with Gasteiger partial charge in [-0.2, -0.15) is 0 Å². The van der Waals surface area contributed by atoms with Crippen LogP contribution in [0.4, 0.5) is 9.18 Å². The molecule has 0 bridgehead atoms. The topological polar surface area (TPSA) is 96.3 Å². The largest absolute Gasteiger partial charge is 0.332 e. The van der Waals surface area contributed by atoms with E-state index < -0.39 is 17.9 Å². The first-order valence-corrected chi connectivity index (χ1v) is 11.3. The SMILES string of the molecule is O=CNC(=O)N[C@@H](CN1Cc2ccc(F)cc2C1=O)c1ccc(-c2ccc(-n3ccnc3)cc2)cc1. The maximum absolute atomic E-state index is 13.6. The third-order valence-corrected chi connectivity index (χ3v) is 6.17. The lowest BCUT2D eigenvalue weighted by Gasteiger charge is -2.25. The Morgan fingerprint density at radius 3 is 2.44 bits per heavy atom. The van der Waals surface area contributed by atoms with Gasteiger partial charge in [-0.25, -0.2) is 14.2 Å². The number of urea groups is 1. The van der Waals surface area contributed by atoms with Crippen LogP contribution < -0.4 is 10.6 Å². The fourth-order valence-electron chi connectivity index (χ4n) is 4.33. The van der Waals surface area contributed by atoms with Gasteiger partial charge in [0.2, 0.25) is 6.41 Å². The molecule has 0 saturated heterocycles. The van der Waals surface area contributed by atoms with E-state index in [0.717, 1.165) is 27.9 Å². The van der Waals surface area contributed by atoms with Gasteiger partial charge in [0.25, 0.3) is 5.91 Å². The predicted octanol–water partition coefficient (Wildman–Crippen LogP) is 3.83. The van der Waals surface area contributed by atoms with E-state index in [1.165, 1.54) is 12.1 Å². The lowest BCUT2D eigenvalue weighted by atomic mass is 10.00. The van der Waals surface area contributed by atoms with Gasteiger partial charge in [0, 0.05) is 36.7 Å². The van der Waals surface area contributed by atoms with E-state index in [1.54, 1.807) is 23.5 Å². The Morgan fingerprint density at radius 1 is 1.06 bits per heavy atom. The minimum atomic E-state index is -0.677. The van der Waals surface area contributed by atoms with E-state index in [0.29, 0.717) is 18.5 Å². The zero-order valence-corrected chi connectivity index (χ0v) is 19.1. The smallest absolute Gasteiger partial charge is 0.321 e. The van der Waals surface area contributed by atoms with Crippen LogP contribution in [0.1, 0.15) is 27.5 Å². The molecular weight excluding hydrogens is 461 g/mol. The zero-order chi connectivity index (χ0) is 25.1.